The molecule has 1 heterocycles. The van der Waals surface area contributed by atoms with Crippen LogP contribution in [-0.4, -0.2) is 13.6 Å². The molecule has 27 heavy (non-hydrogen) atoms. The van der Waals surface area contributed by atoms with E-state index in [1.54, 1.807) is 18.2 Å². The monoisotopic (exact) mass is 524 g/mol. The Bertz CT molecular complexity index is 1150. The largest absolute Gasteiger partial charge is 0.357 e. The maximum atomic E-state index is 14.6. The van der Waals surface area contributed by atoms with Gasteiger partial charge in [-0.2, -0.15) is 0 Å². The number of hydrogen-bond acceptors (Lipinski definition) is 4. The number of sulfonamides is 1. The standard InChI is InChI=1S/C16H9Br2F3N2O3S/c17-9-2-1-7(3-10(9)18)16-15(13(6-19)26-23-16)8-4-12(21)14(5-11(8)20)27(22,24)25/h1-5H,6H2,(H2,22,24,25). The van der Waals surface area contributed by atoms with Gasteiger partial charge in [-0.3, -0.25) is 0 Å². The molecule has 0 saturated heterocycles. The van der Waals surface area contributed by atoms with Crippen LogP contribution in [0.3, 0.4) is 0 Å². The molecule has 0 aliphatic rings. The summed E-state index contributed by atoms with van der Waals surface area (Å²) < 4.78 is 71.2. The summed E-state index contributed by atoms with van der Waals surface area (Å²) in [7, 11) is -4.47. The zero-order chi connectivity index (χ0) is 19.9. The third kappa shape index (κ3) is 3.82. The predicted octanol–water partition coefficient (Wildman–Crippen LogP) is 4.93. The lowest BCUT2D eigenvalue weighted by molar-refractivity contribution is 0.332. The fourth-order valence-electron chi connectivity index (χ4n) is 2.47. The fourth-order valence-corrected chi connectivity index (χ4v) is 3.70. The van der Waals surface area contributed by atoms with Crippen molar-refractivity contribution in [3.8, 4) is 22.4 Å². The highest BCUT2D eigenvalue weighted by molar-refractivity contribution is 9.13. The van der Waals surface area contributed by atoms with E-state index in [0.29, 0.717) is 22.2 Å². The molecular weight excluding hydrogens is 517 g/mol. The molecule has 2 N–H and O–H groups in total. The number of primary sulfonamides is 1. The van der Waals surface area contributed by atoms with E-state index in [0.717, 1.165) is 4.47 Å². The van der Waals surface area contributed by atoms with Crippen LogP contribution in [0, 0.1) is 11.6 Å². The number of nitrogens with zero attached hydrogens (tertiary/aromatic N) is 1. The van der Waals surface area contributed by atoms with E-state index in [2.05, 4.69) is 37.0 Å². The summed E-state index contributed by atoms with van der Waals surface area (Å²) in [6.45, 7) is -1.13. The molecule has 0 bridgehead atoms. The third-order valence-electron chi connectivity index (χ3n) is 3.67. The minimum atomic E-state index is -4.47. The van der Waals surface area contributed by atoms with Gasteiger partial charge in [-0.25, -0.2) is 26.7 Å². The van der Waals surface area contributed by atoms with Crippen LogP contribution in [-0.2, 0) is 16.7 Å². The lowest BCUT2D eigenvalue weighted by Crippen LogP contribution is -2.14. The van der Waals surface area contributed by atoms with Gasteiger partial charge in [0.25, 0.3) is 0 Å². The Balaban J connectivity index is 2.27. The molecule has 3 rings (SSSR count). The molecule has 0 saturated carbocycles. The van der Waals surface area contributed by atoms with E-state index in [9.17, 15) is 21.6 Å². The Morgan fingerprint density at radius 3 is 2.37 bits per heavy atom. The van der Waals surface area contributed by atoms with Crippen molar-refractivity contribution in [3.05, 3.63) is 56.7 Å². The number of halogens is 5. The average Bonchev–Trinajstić information content (AvgIpc) is 3.01. The summed E-state index contributed by atoms with van der Waals surface area (Å²) in [5.74, 6) is -2.72. The van der Waals surface area contributed by atoms with Crippen molar-refractivity contribution in [1.29, 1.82) is 0 Å². The summed E-state index contributed by atoms with van der Waals surface area (Å²) in [6.07, 6.45) is 0. The van der Waals surface area contributed by atoms with Gasteiger partial charge in [-0.1, -0.05) is 11.2 Å². The van der Waals surface area contributed by atoms with E-state index < -0.39 is 38.8 Å². The summed E-state index contributed by atoms with van der Waals surface area (Å²) in [5, 5.41) is 8.63. The maximum Gasteiger partial charge on any atom is 0.241 e. The van der Waals surface area contributed by atoms with Crippen molar-refractivity contribution in [2.24, 2.45) is 5.14 Å². The lowest BCUT2D eigenvalue weighted by Gasteiger charge is -2.08. The molecule has 0 aliphatic carbocycles. The molecule has 0 atom stereocenters. The third-order valence-corrected chi connectivity index (χ3v) is 6.48. The van der Waals surface area contributed by atoms with Crippen molar-refractivity contribution in [1.82, 2.24) is 5.16 Å². The SMILES string of the molecule is NS(=O)(=O)c1cc(F)c(-c2c(-c3ccc(Br)c(Br)c3)noc2CF)cc1F. The minimum Gasteiger partial charge on any atom is -0.357 e. The van der Waals surface area contributed by atoms with Gasteiger partial charge in [0.1, 0.15) is 22.2 Å². The Kier molecular flexibility index (Phi) is 5.48. The van der Waals surface area contributed by atoms with Gasteiger partial charge in [0.05, 0.1) is 5.56 Å². The van der Waals surface area contributed by atoms with E-state index in [1.807, 2.05) is 0 Å². The zero-order valence-corrected chi connectivity index (χ0v) is 17.1. The van der Waals surface area contributed by atoms with Crippen molar-refractivity contribution in [2.45, 2.75) is 11.6 Å². The average molecular weight is 526 g/mol. The minimum absolute atomic E-state index is 0.0671. The Labute approximate surface area is 168 Å². The molecule has 0 fully saturated rings. The quantitative estimate of drug-likeness (QED) is 0.523. The number of rotatable bonds is 4. The van der Waals surface area contributed by atoms with E-state index >= 15 is 0 Å². The maximum absolute atomic E-state index is 14.6. The summed E-state index contributed by atoms with van der Waals surface area (Å²) in [4.78, 5) is -1.00. The van der Waals surface area contributed by atoms with Crippen molar-refractivity contribution in [3.63, 3.8) is 0 Å². The highest BCUT2D eigenvalue weighted by Crippen LogP contribution is 2.39. The lowest BCUT2D eigenvalue weighted by atomic mass is 9.99. The van der Waals surface area contributed by atoms with Crippen LogP contribution in [0.25, 0.3) is 22.4 Å². The second kappa shape index (κ2) is 7.38. The predicted molar refractivity (Wildman–Crippen MR) is 98.9 cm³/mol. The number of hydrogen-bond donors (Lipinski definition) is 1. The molecule has 11 heteroatoms. The van der Waals surface area contributed by atoms with Gasteiger partial charge in [-0.05, 0) is 56.1 Å². The van der Waals surface area contributed by atoms with Crippen molar-refractivity contribution in [2.75, 3.05) is 0 Å². The number of aromatic nitrogens is 1. The number of alkyl halides is 1. The van der Waals surface area contributed by atoms with Crippen LogP contribution < -0.4 is 5.14 Å². The van der Waals surface area contributed by atoms with Gasteiger partial charge < -0.3 is 4.52 Å². The van der Waals surface area contributed by atoms with E-state index in [-0.39, 0.29) is 17.0 Å². The summed E-state index contributed by atoms with van der Waals surface area (Å²) in [6, 6.07) is 5.98. The van der Waals surface area contributed by atoms with Crippen LogP contribution in [0.15, 0.2) is 48.7 Å². The van der Waals surface area contributed by atoms with Crippen LogP contribution in [0.5, 0.6) is 0 Å². The van der Waals surface area contributed by atoms with E-state index in [4.69, 9.17) is 9.66 Å². The summed E-state index contributed by atoms with van der Waals surface area (Å²) >= 11 is 6.61. The topological polar surface area (TPSA) is 86.2 Å². The Hall–Kier alpha value is -1.69. The first-order chi connectivity index (χ1) is 12.6. The molecule has 0 radical (unpaired) electrons. The molecule has 5 nitrogen and oxygen atoms in total. The van der Waals surface area contributed by atoms with Crippen molar-refractivity contribution >= 4 is 41.9 Å². The highest BCUT2D eigenvalue weighted by Gasteiger charge is 2.26. The summed E-state index contributed by atoms with van der Waals surface area (Å²) in [5.41, 5.74) is -0.0108. The molecule has 0 spiro atoms. The Morgan fingerprint density at radius 2 is 1.78 bits per heavy atom. The molecule has 2 aromatic carbocycles. The van der Waals surface area contributed by atoms with Gasteiger partial charge in [-0.15, -0.1) is 0 Å². The smallest absolute Gasteiger partial charge is 0.241 e. The molecular formula is C16H9Br2F3N2O3S. The second-order valence-electron chi connectivity index (χ2n) is 5.40. The normalized spacial score (nSPS) is 11.8. The van der Waals surface area contributed by atoms with E-state index in [1.165, 1.54) is 0 Å². The number of benzene rings is 2. The zero-order valence-electron chi connectivity index (χ0n) is 13.1. The van der Waals surface area contributed by atoms with Crippen molar-refractivity contribution < 1.29 is 26.1 Å². The Morgan fingerprint density at radius 1 is 1.07 bits per heavy atom. The van der Waals surface area contributed by atoms with Gasteiger partial charge in [0.15, 0.2) is 12.4 Å². The molecule has 0 aliphatic heterocycles. The fraction of sp³-hybridized carbons (Fsp3) is 0.0625. The second-order valence-corrected chi connectivity index (χ2v) is 8.64. The first-order valence-corrected chi connectivity index (χ1v) is 10.3. The molecule has 3 aromatic rings. The molecule has 0 amide bonds. The molecule has 1 aromatic heterocycles. The molecule has 0 unspecified atom stereocenters. The van der Waals surface area contributed by atoms with Crippen LogP contribution >= 0.6 is 31.9 Å². The van der Waals surface area contributed by atoms with Crippen LogP contribution in [0.2, 0.25) is 0 Å². The highest BCUT2D eigenvalue weighted by atomic mass is 79.9. The van der Waals surface area contributed by atoms with Crippen LogP contribution in [0.4, 0.5) is 13.2 Å². The van der Waals surface area contributed by atoms with Gasteiger partial charge >= 0.3 is 0 Å². The molecule has 142 valence electrons. The number of nitrogens with two attached hydrogens (primary N) is 1. The van der Waals surface area contributed by atoms with Gasteiger partial charge in [0, 0.05) is 20.1 Å². The first kappa shape index (κ1) is 20.1. The first-order valence-electron chi connectivity index (χ1n) is 7.15. The van der Waals surface area contributed by atoms with Gasteiger partial charge in [0.2, 0.25) is 10.0 Å². The van der Waals surface area contributed by atoms with Crippen LogP contribution in [0.1, 0.15) is 5.76 Å².